The van der Waals surface area contributed by atoms with Crippen LogP contribution in [0.3, 0.4) is 0 Å². The van der Waals surface area contributed by atoms with Crippen molar-refractivity contribution in [3.63, 3.8) is 0 Å². The van der Waals surface area contributed by atoms with Gasteiger partial charge in [0.25, 0.3) is 0 Å². The Morgan fingerprint density at radius 2 is 2.04 bits per heavy atom. The maximum atomic E-state index is 11.7. The molecule has 0 saturated heterocycles. The van der Waals surface area contributed by atoms with Crippen LogP contribution in [0.25, 0.3) is 6.08 Å². The first-order chi connectivity index (χ1) is 12.1. The fraction of sp³-hybridized carbons (Fsp3) is 0.278. The van der Waals surface area contributed by atoms with Crippen LogP contribution in [0.2, 0.25) is 0 Å². The summed E-state index contributed by atoms with van der Waals surface area (Å²) in [4.78, 5) is 23.3. The molecule has 25 heavy (non-hydrogen) atoms. The van der Waals surface area contributed by atoms with E-state index < -0.39 is 12.1 Å². The van der Waals surface area contributed by atoms with Crippen molar-refractivity contribution in [3.8, 4) is 0 Å². The number of aromatic nitrogens is 2. The number of alkyl carbamates (subject to hydrolysis) is 1. The Hall–Kier alpha value is -3.09. The molecule has 2 aromatic rings. The first kappa shape index (κ1) is 18.3. The Kier molecular flexibility index (Phi) is 6.76. The lowest BCUT2D eigenvalue weighted by Crippen LogP contribution is -2.24. The van der Waals surface area contributed by atoms with Crippen molar-refractivity contribution in [3.05, 3.63) is 59.4 Å². The van der Waals surface area contributed by atoms with Gasteiger partial charge in [-0.25, -0.2) is 9.59 Å². The third kappa shape index (κ3) is 5.49. The predicted octanol–water partition coefficient (Wildman–Crippen LogP) is 2.54. The Labute approximate surface area is 146 Å². The Bertz CT molecular complexity index is 738. The smallest absolute Gasteiger partial charge is 0.407 e. The van der Waals surface area contributed by atoms with Crippen LogP contribution < -0.4 is 5.32 Å². The number of carbonyl (C=O) groups is 2. The van der Waals surface area contributed by atoms with Gasteiger partial charge in [-0.2, -0.15) is 5.10 Å². The van der Waals surface area contributed by atoms with Crippen molar-refractivity contribution in [2.24, 2.45) is 7.05 Å². The van der Waals surface area contributed by atoms with Crippen LogP contribution in [-0.4, -0.2) is 35.5 Å². The molecule has 0 fully saturated rings. The number of hydrogen-bond donors (Lipinski definition) is 1. The molecule has 1 heterocycles. The predicted molar refractivity (Wildman–Crippen MR) is 92.8 cm³/mol. The minimum Gasteiger partial charge on any atom is -0.464 e. The number of nitrogens with one attached hydrogen (secondary N) is 1. The van der Waals surface area contributed by atoms with Crippen LogP contribution in [0.15, 0.2) is 42.6 Å². The standard InChI is InChI=1S/C18H21N3O4/c1-21-16(17(22)24-2)15(12-20-21)10-6-7-11-19-18(23)25-13-14-8-4-3-5-9-14/h3-6,8-10,12H,7,11,13H2,1-2H3,(H,19,23). The summed E-state index contributed by atoms with van der Waals surface area (Å²) in [6.45, 7) is 0.665. The summed E-state index contributed by atoms with van der Waals surface area (Å²) < 4.78 is 11.3. The number of hydrogen-bond acceptors (Lipinski definition) is 5. The molecule has 1 N–H and O–H groups in total. The second-order valence-corrected chi connectivity index (χ2v) is 5.24. The number of aryl methyl sites for hydroxylation is 1. The van der Waals surface area contributed by atoms with Gasteiger partial charge in [-0.1, -0.05) is 42.5 Å². The number of carbonyl (C=O) groups excluding carboxylic acids is 2. The van der Waals surface area contributed by atoms with Gasteiger partial charge in [0, 0.05) is 19.2 Å². The molecule has 0 spiro atoms. The molecule has 2 rings (SSSR count). The summed E-state index contributed by atoms with van der Waals surface area (Å²) in [5, 5.41) is 6.71. The summed E-state index contributed by atoms with van der Waals surface area (Å²) in [5.41, 5.74) is 1.99. The summed E-state index contributed by atoms with van der Waals surface area (Å²) in [6, 6.07) is 9.47. The summed E-state index contributed by atoms with van der Waals surface area (Å²) >= 11 is 0. The van der Waals surface area contributed by atoms with E-state index in [1.54, 1.807) is 19.3 Å². The van der Waals surface area contributed by atoms with Crippen LogP contribution in [-0.2, 0) is 23.1 Å². The van der Waals surface area contributed by atoms with Crippen molar-refractivity contribution >= 4 is 18.1 Å². The van der Waals surface area contributed by atoms with Crippen molar-refractivity contribution < 1.29 is 19.1 Å². The molecule has 0 aliphatic heterocycles. The Morgan fingerprint density at radius 1 is 1.28 bits per heavy atom. The van der Waals surface area contributed by atoms with Crippen LogP contribution in [0.4, 0.5) is 4.79 Å². The molecule has 0 aliphatic carbocycles. The van der Waals surface area contributed by atoms with Gasteiger partial charge in [-0.3, -0.25) is 4.68 Å². The Balaban J connectivity index is 1.73. The van der Waals surface area contributed by atoms with Gasteiger partial charge in [0.1, 0.15) is 6.61 Å². The number of amides is 1. The molecule has 7 nitrogen and oxygen atoms in total. The quantitative estimate of drug-likeness (QED) is 0.617. The van der Waals surface area contributed by atoms with Gasteiger partial charge in [-0.05, 0) is 12.0 Å². The maximum Gasteiger partial charge on any atom is 0.407 e. The molecular formula is C18H21N3O4. The van der Waals surface area contributed by atoms with Gasteiger partial charge in [0.15, 0.2) is 5.69 Å². The minimum absolute atomic E-state index is 0.237. The van der Waals surface area contributed by atoms with Gasteiger partial charge >= 0.3 is 12.1 Å². The molecule has 0 aliphatic rings. The summed E-state index contributed by atoms with van der Waals surface area (Å²) in [7, 11) is 3.00. The van der Waals surface area contributed by atoms with Crippen molar-refractivity contribution in [2.75, 3.05) is 13.7 Å². The minimum atomic E-state index is -0.464. The third-order valence-corrected chi connectivity index (χ3v) is 3.44. The van der Waals surface area contributed by atoms with E-state index in [-0.39, 0.29) is 6.61 Å². The average molecular weight is 343 g/mol. The van der Waals surface area contributed by atoms with Gasteiger partial charge in [0.2, 0.25) is 0 Å². The fourth-order valence-electron chi connectivity index (χ4n) is 2.17. The van der Waals surface area contributed by atoms with Gasteiger partial charge < -0.3 is 14.8 Å². The number of rotatable bonds is 7. The lowest BCUT2D eigenvalue weighted by molar-refractivity contribution is 0.0588. The lowest BCUT2D eigenvalue weighted by Gasteiger charge is -2.05. The highest BCUT2D eigenvalue weighted by Crippen LogP contribution is 2.11. The van der Waals surface area contributed by atoms with E-state index in [2.05, 4.69) is 10.4 Å². The van der Waals surface area contributed by atoms with Crippen molar-refractivity contribution in [2.45, 2.75) is 13.0 Å². The van der Waals surface area contributed by atoms with Gasteiger partial charge in [0.05, 0.1) is 13.3 Å². The third-order valence-electron chi connectivity index (χ3n) is 3.44. The van der Waals surface area contributed by atoms with Crippen LogP contribution in [0.5, 0.6) is 0 Å². The highest BCUT2D eigenvalue weighted by Gasteiger charge is 2.15. The molecular weight excluding hydrogens is 322 g/mol. The van der Waals surface area contributed by atoms with Crippen LogP contribution in [0, 0.1) is 0 Å². The maximum absolute atomic E-state index is 11.7. The molecule has 132 valence electrons. The zero-order chi connectivity index (χ0) is 18.1. The molecule has 1 aromatic heterocycles. The second-order valence-electron chi connectivity index (χ2n) is 5.24. The topological polar surface area (TPSA) is 82.4 Å². The molecule has 0 atom stereocenters. The molecule has 1 aromatic carbocycles. The first-order valence-electron chi connectivity index (χ1n) is 7.83. The zero-order valence-electron chi connectivity index (χ0n) is 14.3. The van der Waals surface area contributed by atoms with Crippen molar-refractivity contribution in [1.29, 1.82) is 0 Å². The fourth-order valence-corrected chi connectivity index (χ4v) is 2.17. The number of nitrogens with zero attached hydrogens (tertiary/aromatic N) is 2. The normalized spacial score (nSPS) is 10.6. The molecule has 0 unspecified atom stereocenters. The largest absolute Gasteiger partial charge is 0.464 e. The van der Waals surface area contributed by atoms with E-state index in [9.17, 15) is 9.59 Å². The molecule has 7 heteroatoms. The highest BCUT2D eigenvalue weighted by atomic mass is 16.5. The van der Waals surface area contributed by atoms with Crippen LogP contribution >= 0.6 is 0 Å². The highest BCUT2D eigenvalue weighted by molar-refractivity contribution is 5.91. The van der Waals surface area contributed by atoms with Crippen molar-refractivity contribution in [1.82, 2.24) is 15.1 Å². The number of ether oxygens (including phenoxy) is 2. The van der Waals surface area contributed by atoms with E-state index >= 15 is 0 Å². The molecule has 0 saturated carbocycles. The lowest BCUT2D eigenvalue weighted by atomic mass is 10.2. The molecule has 0 radical (unpaired) electrons. The monoisotopic (exact) mass is 343 g/mol. The number of esters is 1. The van der Waals surface area contributed by atoms with E-state index in [0.717, 1.165) is 5.56 Å². The van der Waals surface area contributed by atoms with Crippen LogP contribution in [0.1, 0.15) is 28.0 Å². The molecule has 1 amide bonds. The molecule has 0 bridgehead atoms. The Morgan fingerprint density at radius 3 is 2.76 bits per heavy atom. The van der Waals surface area contributed by atoms with Gasteiger partial charge in [-0.15, -0.1) is 0 Å². The first-order valence-corrected chi connectivity index (χ1v) is 7.83. The summed E-state index contributed by atoms with van der Waals surface area (Å²) in [6.07, 6.45) is 5.34. The van der Waals surface area contributed by atoms with E-state index in [4.69, 9.17) is 9.47 Å². The number of methoxy groups -OCH3 is 1. The van der Waals surface area contributed by atoms with E-state index in [1.807, 2.05) is 36.4 Å². The van der Waals surface area contributed by atoms with E-state index in [1.165, 1.54) is 11.8 Å². The number of benzene rings is 1. The second kappa shape index (κ2) is 9.27. The SMILES string of the molecule is COC(=O)c1c(C=CCCNC(=O)OCc2ccccc2)cnn1C. The summed E-state index contributed by atoms with van der Waals surface area (Å²) in [5.74, 6) is -0.442. The average Bonchev–Trinajstić information content (AvgIpc) is 3.00. The van der Waals surface area contributed by atoms with E-state index in [0.29, 0.717) is 24.2 Å². The zero-order valence-corrected chi connectivity index (χ0v) is 14.3.